The first-order chi connectivity index (χ1) is 5.29. The molecule has 0 radical (unpaired) electrons. The summed E-state index contributed by atoms with van der Waals surface area (Å²) in [5, 5.41) is 5.13. The highest BCUT2D eigenvalue weighted by molar-refractivity contribution is 5.89. The van der Waals surface area contributed by atoms with E-state index in [4.69, 9.17) is 0 Å². The summed E-state index contributed by atoms with van der Waals surface area (Å²) in [6.07, 6.45) is 1.06. The number of ketones is 1. The summed E-state index contributed by atoms with van der Waals surface area (Å²) in [5.74, 6) is 0.310. The first kappa shape index (κ1) is 7.21. The average molecular weight is 155 g/mol. The van der Waals surface area contributed by atoms with E-state index in [-0.39, 0.29) is 6.04 Å². The summed E-state index contributed by atoms with van der Waals surface area (Å²) in [6.45, 7) is 1.51. The molecule has 0 aromatic carbocycles. The Morgan fingerprint density at radius 1 is 1.64 bits per heavy atom. The van der Waals surface area contributed by atoms with Crippen molar-refractivity contribution in [2.45, 2.75) is 18.5 Å². The van der Waals surface area contributed by atoms with Gasteiger partial charge in [0.2, 0.25) is 0 Å². The molecule has 2 aliphatic rings. The molecule has 62 valence electrons. The van der Waals surface area contributed by atoms with Crippen LogP contribution in [-0.2, 0) is 4.79 Å². The van der Waals surface area contributed by atoms with Gasteiger partial charge in [0.25, 0.3) is 0 Å². The fourth-order valence-corrected chi connectivity index (χ4v) is 1.91. The summed E-state index contributed by atoms with van der Waals surface area (Å²) in [4.78, 5) is 11.3. The van der Waals surface area contributed by atoms with Crippen molar-refractivity contribution < 1.29 is 4.79 Å². The zero-order valence-corrected chi connectivity index (χ0v) is 6.63. The van der Waals surface area contributed by atoms with Crippen molar-refractivity contribution in [3.8, 4) is 0 Å². The van der Waals surface area contributed by atoms with E-state index in [9.17, 15) is 4.79 Å². The Hall–Kier alpha value is -0.450. The number of nitrogens with one attached hydrogen (secondary N) is 2. The van der Waals surface area contributed by atoms with Gasteiger partial charge in [-0.25, -0.2) is 5.01 Å². The van der Waals surface area contributed by atoms with Crippen LogP contribution in [0.1, 0.15) is 6.42 Å². The highest BCUT2D eigenvalue weighted by Crippen LogP contribution is 2.14. The molecular formula is C7H13N3O. The van der Waals surface area contributed by atoms with E-state index >= 15 is 0 Å². The van der Waals surface area contributed by atoms with Gasteiger partial charge in [0.1, 0.15) is 0 Å². The van der Waals surface area contributed by atoms with Crippen molar-refractivity contribution in [1.82, 2.24) is 15.8 Å². The molecule has 0 aromatic rings. The normalized spacial score (nSPS) is 39.2. The molecule has 11 heavy (non-hydrogen) atoms. The second kappa shape index (κ2) is 2.55. The lowest BCUT2D eigenvalue weighted by molar-refractivity contribution is -0.122. The first-order valence-corrected chi connectivity index (χ1v) is 4.01. The van der Waals surface area contributed by atoms with E-state index in [0.717, 1.165) is 13.0 Å². The highest BCUT2D eigenvalue weighted by Gasteiger charge is 2.39. The zero-order valence-electron chi connectivity index (χ0n) is 6.63. The Bertz CT molecular complexity index is 183. The summed E-state index contributed by atoms with van der Waals surface area (Å²) in [7, 11) is 1.93. The predicted molar refractivity (Wildman–Crippen MR) is 41.0 cm³/mol. The van der Waals surface area contributed by atoms with Crippen LogP contribution in [0.2, 0.25) is 0 Å². The molecule has 2 unspecified atom stereocenters. The van der Waals surface area contributed by atoms with Crippen LogP contribution in [0.5, 0.6) is 0 Å². The van der Waals surface area contributed by atoms with Gasteiger partial charge in [-0.2, -0.15) is 0 Å². The number of carbonyl (C=O) groups is 1. The average Bonchev–Trinajstić information content (AvgIpc) is 2.34. The van der Waals surface area contributed by atoms with E-state index in [0.29, 0.717) is 18.4 Å². The van der Waals surface area contributed by atoms with Crippen molar-refractivity contribution in [1.29, 1.82) is 0 Å². The van der Waals surface area contributed by atoms with Crippen LogP contribution < -0.4 is 10.7 Å². The number of hydrogen-bond donors (Lipinski definition) is 2. The minimum absolute atomic E-state index is 0.0729. The summed E-state index contributed by atoms with van der Waals surface area (Å²) in [6, 6.07) is 0.456. The second-order valence-electron chi connectivity index (χ2n) is 3.21. The lowest BCUT2D eigenvalue weighted by atomic mass is 10.0. The van der Waals surface area contributed by atoms with Crippen LogP contribution in [0, 0.1) is 0 Å². The van der Waals surface area contributed by atoms with E-state index in [1.807, 2.05) is 12.1 Å². The van der Waals surface area contributed by atoms with Crippen LogP contribution in [0.4, 0.5) is 0 Å². The van der Waals surface area contributed by atoms with E-state index < -0.39 is 0 Å². The molecule has 4 heteroatoms. The Morgan fingerprint density at radius 3 is 3.18 bits per heavy atom. The fraction of sp³-hybridized carbons (Fsp3) is 0.857. The number of carbonyl (C=O) groups excluding carboxylic acids is 1. The van der Waals surface area contributed by atoms with Crippen LogP contribution >= 0.6 is 0 Å². The Kier molecular flexibility index (Phi) is 1.67. The van der Waals surface area contributed by atoms with Crippen molar-refractivity contribution in [2.75, 3.05) is 20.1 Å². The molecular weight excluding hydrogens is 142 g/mol. The number of nitrogens with zero attached hydrogens (tertiary/aromatic N) is 1. The van der Waals surface area contributed by atoms with E-state index in [2.05, 4.69) is 10.7 Å². The highest BCUT2D eigenvalue weighted by atomic mass is 16.1. The third-order valence-electron chi connectivity index (χ3n) is 2.48. The molecule has 2 aliphatic heterocycles. The topological polar surface area (TPSA) is 44.4 Å². The van der Waals surface area contributed by atoms with Gasteiger partial charge in [0.15, 0.2) is 5.78 Å². The molecule has 0 aromatic heterocycles. The smallest absolute Gasteiger partial charge is 0.166 e. The number of fused-ring (bicyclic) bond motifs is 1. The maximum absolute atomic E-state index is 11.3. The van der Waals surface area contributed by atoms with Crippen molar-refractivity contribution >= 4 is 5.78 Å². The van der Waals surface area contributed by atoms with Gasteiger partial charge in [0.05, 0.1) is 12.6 Å². The van der Waals surface area contributed by atoms with Crippen molar-refractivity contribution in [2.24, 2.45) is 0 Å². The number of hydrazine groups is 1. The Labute approximate surface area is 65.9 Å². The lowest BCUT2D eigenvalue weighted by Crippen LogP contribution is -2.56. The number of likely N-dealkylation sites (N-methyl/N-ethyl adjacent to an activating group) is 1. The molecule has 2 rings (SSSR count). The molecule has 2 N–H and O–H groups in total. The predicted octanol–water partition coefficient (Wildman–Crippen LogP) is -1.26. The van der Waals surface area contributed by atoms with Gasteiger partial charge in [-0.1, -0.05) is 0 Å². The minimum Gasteiger partial charge on any atom is -0.305 e. The molecule has 0 bridgehead atoms. The van der Waals surface area contributed by atoms with Crippen LogP contribution in [0.15, 0.2) is 0 Å². The maximum Gasteiger partial charge on any atom is 0.166 e. The molecule has 0 spiro atoms. The van der Waals surface area contributed by atoms with Crippen molar-refractivity contribution in [3.05, 3.63) is 0 Å². The van der Waals surface area contributed by atoms with Gasteiger partial charge in [-0.05, 0) is 6.42 Å². The summed E-state index contributed by atoms with van der Waals surface area (Å²) >= 11 is 0. The van der Waals surface area contributed by atoms with Gasteiger partial charge in [-0.15, -0.1) is 0 Å². The SMILES string of the molecule is CN1NCCC2NCC(=O)C21. The fourth-order valence-electron chi connectivity index (χ4n) is 1.91. The quantitative estimate of drug-likeness (QED) is 0.458. The molecule has 2 atom stereocenters. The van der Waals surface area contributed by atoms with Crippen LogP contribution in [-0.4, -0.2) is 43.0 Å². The van der Waals surface area contributed by atoms with Crippen molar-refractivity contribution in [3.63, 3.8) is 0 Å². The van der Waals surface area contributed by atoms with E-state index in [1.54, 1.807) is 0 Å². The summed E-state index contributed by atoms with van der Waals surface area (Å²) < 4.78 is 0. The lowest BCUT2D eigenvalue weighted by Gasteiger charge is -2.33. The van der Waals surface area contributed by atoms with Crippen LogP contribution in [0.25, 0.3) is 0 Å². The van der Waals surface area contributed by atoms with Crippen LogP contribution in [0.3, 0.4) is 0 Å². The Morgan fingerprint density at radius 2 is 2.45 bits per heavy atom. The van der Waals surface area contributed by atoms with E-state index in [1.165, 1.54) is 0 Å². The molecule has 2 fully saturated rings. The van der Waals surface area contributed by atoms with Gasteiger partial charge < -0.3 is 5.32 Å². The number of hydrogen-bond acceptors (Lipinski definition) is 4. The number of Topliss-reactive ketones (excluding diaryl/α,β-unsaturated/α-hetero) is 1. The maximum atomic E-state index is 11.3. The molecule has 2 heterocycles. The van der Waals surface area contributed by atoms with Gasteiger partial charge in [-0.3, -0.25) is 10.2 Å². The molecule has 0 amide bonds. The monoisotopic (exact) mass is 155 g/mol. The molecule has 2 saturated heterocycles. The van der Waals surface area contributed by atoms with Gasteiger partial charge >= 0.3 is 0 Å². The molecule has 0 saturated carbocycles. The summed E-state index contributed by atoms with van der Waals surface area (Å²) in [5.41, 5.74) is 3.16. The third kappa shape index (κ3) is 1.07. The largest absolute Gasteiger partial charge is 0.305 e. The third-order valence-corrected chi connectivity index (χ3v) is 2.48. The molecule has 0 aliphatic carbocycles. The molecule has 4 nitrogen and oxygen atoms in total. The minimum atomic E-state index is 0.0729. The second-order valence-corrected chi connectivity index (χ2v) is 3.21. The first-order valence-electron chi connectivity index (χ1n) is 4.01. The number of rotatable bonds is 0. The zero-order chi connectivity index (χ0) is 7.84. The standard InChI is InChI=1S/C7H13N3O/c1-10-7-5(2-3-9-10)8-4-6(7)11/h5,7-9H,2-4H2,1H3. The van der Waals surface area contributed by atoms with Gasteiger partial charge in [0, 0.05) is 19.6 Å². The Balaban J connectivity index is 2.14.